The second-order valence-electron chi connectivity index (χ2n) is 9.61. The third kappa shape index (κ3) is 9.03. The van der Waals surface area contributed by atoms with Crippen LogP contribution in [-0.4, -0.2) is 89.5 Å². The van der Waals surface area contributed by atoms with Gasteiger partial charge in [0.05, 0.1) is 30.1 Å². The first kappa shape index (κ1) is 32.0. The molecule has 4 rings (SSSR count). The molecule has 0 aromatic carbocycles. The molecule has 4 heterocycles. The number of halogens is 6. The van der Waals surface area contributed by atoms with Crippen LogP contribution < -0.4 is 15.8 Å². The Morgan fingerprint density at radius 2 is 1.81 bits per heavy atom. The number of carbonyl (C=O) groups excluding carboxylic acids is 1. The van der Waals surface area contributed by atoms with E-state index >= 15 is 0 Å². The molecule has 0 radical (unpaired) electrons. The van der Waals surface area contributed by atoms with Crippen LogP contribution in [0.3, 0.4) is 0 Å². The van der Waals surface area contributed by atoms with Crippen molar-refractivity contribution in [3.8, 4) is 0 Å². The van der Waals surface area contributed by atoms with E-state index in [9.17, 15) is 35.9 Å². The van der Waals surface area contributed by atoms with Gasteiger partial charge in [-0.15, -0.1) is 0 Å². The molecule has 2 saturated heterocycles. The van der Waals surface area contributed by atoms with E-state index in [4.69, 9.17) is 14.2 Å². The molecule has 2 atom stereocenters. The van der Waals surface area contributed by atoms with Gasteiger partial charge in [-0.1, -0.05) is 6.08 Å². The topological polar surface area (TPSA) is 135 Å². The lowest BCUT2D eigenvalue weighted by Crippen LogP contribution is -2.49. The molecule has 2 aliphatic rings. The predicted octanol–water partition coefficient (Wildman–Crippen LogP) is 3.44. The highest BCUT2D eigenvalue weighted by Gasteiger charge is 2.38. The molecule has 18 heteroatoms. The van der Waals surface area contributed by atoms with Gasteiger partial charge in [0.25, 0.3) is 5.56 Å². The van der Waals surface area contributed by atoms with Gasteiger partial charge in [0.15, 0.2) is 6.29 Å². The third-order valence-corrected chi connectivity index (χ3v) is 6.54. The van der Waals surface area contributed by atoms with E-state index in [1.807, 2.05) is 0 Å². The van der Waals surface area contributed by atoms with Gasteiger partial charge in [-0.25, -0.2) is 19.9 Å². The highest BCUT2D eigenvalue weighted by atomic mass is 19.4. The molecule has 2 fully saturated rings. The summed E-state index contributed by atoms with van der Waals surface area (Å²) >= 11 is 0. The van der Waals surface area contributed by atoms with E-state index in [2.05, 4.69) is 20.4 Å². The first-order chi connectivity index (χ1) is 20.4. The molecule has 1 unspecified atom stereocenters. The normalized spacial score (nSPS) is 19.0. The maximum atomic E-state index is 13.5. The van der Waals surface area contributed by atoms with Crippen molar-refractivity contribution < 1.29 is 45.3 Å². The molecule has 12 nitrogen and oxygen atoms in total. The quantitative estimate of drug-likeness (QED) is 0.317. The van der Waals surface area contributed by atoms with Crippen molar-refractivity contribution >= 4 is 17.7 Å². The largest absolute Gasteiger partial charge is 0.445 e. The molecule has 1 amide bonds. The number of hydrogen-bond donors (Lipinski definition) is 2. The molecule has 236 valence electrons. The van der Waals surface area contributed by atoms with Crippen LogP contribution in [0.4, 0.5) is 42.8 Å². The highest BCUT2D eigenvalue weighted by molar-refractivity contribution is 5.68. The van der Waals surface area contributed by atoms with Crippen LogP contribution in [0.15, 0.2) is 35.5 Å². The van der Waals surface area contributed by atoms with Crippen LogP contribution in [0.5, 0.6) is 0 Å². The van der Waals surface area contributed by atoms with E-state index in [1.54, 1.807) is 10.00 Å². The lowest BCUT2D eigenvalue weighted by molar-refractivity contribution is -0.162. The number of rotatable bonds is 9. The molecule has 2 aliphatic heterocycles. The average Bonchev–Trinajstić information content (AvgIpc) is 2.97. The second kappa shape index (κ2) is 14.0. The van der Waals surface area contributed by atoms with Gasteiger partial charge >= 0.3 is 18.4 Å². The number of piperazine rings is 1. The molecular weight excluding hydrogens is 592 g/mol. The van der Waals surface area contributed by atoms with Crippen LogP contribution in [0.2, 0.25) is 0 Å². The van der Waals surface area contributed by atoms with Crippen molar-refractivity contribution in [2.75, 3.05) is 56.2 Å². The van der Waals surface area contributed by atoms with Crippen molar-refractivity contribution in [1.82, 2.24) is 25.1 Å². The first-order valence-electron chi connectivity index (χ1n) is 13.3. The smallest absolute Gasteiger partial charge is 0.423 e. The summed E-state index contributed by atoms with van der Waals surface area (Å²) < 4.78 is 95.2. The summed E-state index contributed by atoms with van der Waals surface area (Å²) in [5, 5.41) is 7.84. The van der Waals surface area contributed by atoms with Crippen LogP contribution in [0, 0.1) is 0 Å². The number of anilines is 2. The lowest BCUT2D eigenvalue weighted by atomic mass is 10.2. The molecule has 0 spiro atoms. The Balaban J connectivity index is 1.31. The molecule has 2 aromatic rings. The zero-order valence-corrected chi connectivity index (χ0v) is 22.7. The van der Waals surface area contributed by atoms with Crippen molar-refractivity contribution in [1.29, 1.82) is 0 Å². The molecule has 0 bridgehead atoms. The predicted molar refractivity (Wildman–Crippen MR) is 138 cm³/mol. The van der Waals surface area contributed by atoms with Gasteiger partial charge in [0.1, 0.15) is 12.2 Å². The lowest BCUT2D eigenvalue weighted by Gasteiger charge is -2.34. The molecule has 2 aromatic heterocycles. The standard InChI is InChI=1S/C25H29F6N7O5/c26-24(27,28)16-12-32-22(33-13-16)37-6-8-38(9-7-37)23(40)42-11-3-4-17(15-43-19-5-1-2-10-41-19)35-18-14-34-36-21(39)20(18)25(29,30)31/h3-4,12-14,17,19H,1-2,5-11,15H2,(H2,35,36,39)/b4-3+/t17-,19?/m1/s1. The van der Waals surface area contributed by atoms with Crippen LogP contribution >= 0.6 is 0 Å². The number of aromatic amines is 1. The van der Waals surface area contributed by atoms with E-state index in [-0.39, 0.29) is 45.3 Å². The van der Waals surface area contributed by atoms with Gasteiger partial charge in [0.2, 0.25) is 5.95 Å². The summed E-state index contributed by atoms with van der Waals surface area (Å²) in [5.41, 5.74) is -4.36. The highest BCUT2D eigenvalue weighted by Crippen LogP contribution is 2.32. The van der Waals surface area contributed by atoms with Crippen molar-refractivity contribution in [2.24, 2.45) is 0 Å². The zero-order valence-electron chi connectivity index (χ0n) is 22.7. The minimum Gasteiger partial charge on any atom is -0.445 e. The van der Waals surface area contributed by atoms with Crippen molar-refractivity contribution in [3.63, 3.8) is 0 Å². The zero-order chi connectivity index (χ0) is 31.0. The van der Waals surface area contributed by atoms with E-state index < -0.39 is 53.2 Å². The summed E-state index contributed by atoms with van der Waals surface area (Å²) in [7, 11) is 0. The van der Waals surface area contributed by atoms with Gasteiger partial charge in [-0.2, -0.15) is 31.4 Å². The number of H-pyrrole nitrogens is 1. The Labute approximate surface area is 241 Å². The fraction of sp³-hybridized carbons (Fsp3) is 0.560. The number of alkyl halides is 6. The third-order valence-electron chi connectivity index (χ3n) is 6.54. The molecule has 43 heavy (non-hydrogen) atoms. The molecule has 0 saturated carbocycles. The summed E-state index contributed by atoms with van der Waals surface area (Å²) in [4.78, 5) is 34.9. The van der Waals surface area contributed by atoms with E-state index in [1.165, 1.54) is 17.1 Å². The first-order valence-corrected chi connectivity index (χ1v) is 13.3. The van der Waals surface area contributed by atoms with E-state index in [0.717, 1.165) is 19.0 Å². The summed E-state index contributed by atoms with van der Waals surface area (Å²) in [6, 6.07) is -0.874. The number of ether oxygens (including phenoxy) is 3. The maximum absolute atomic E-state index is 13.5. The fourth-order valence-electron chi connectivity index (χ4n) is 4.34. The Kier molecular flexibility index (Phi) is 10.4. The van der Waals surface area contributed by atoms with Gasteiger partial charge in [0, 0.05) is 45.2 Å². The van der Waals surface area contributed by atoms with Crippen LogP contribution in [-0.2, 0) is 26.6 Å². The molecule has 0 aliphatic carbocycles. The SMILES string of the molecule is O=C(OC/C=C/[C@H](COC1CCCCO1)Nc1cn[nH]c(=O)c1C(F)(F)F)N1CCN(c2ncc(C(F)(F)F)cn2)CC1. The van der Waals surface area contributed by atoms with Crippen LogP contribution in [0.1, 0.15) is 30.4 Å². The Morgan fingerprint density at radius 1 is 1.09 bits per heavy atom. The number of nitrogens with one attached hydrogen (secondary N) is 2. The Hall–Kier alpha value is -3.93. The number of aromatic nitrogens is 4. The summed E-state index contributed by atoms with van der Waals surface area (Å²) in [5.74, 6) is 0.104. The molecular formula is C25H29F6N7O5. The van der Waals surface area contributed by atoms with Gasteiger partial charge < -0.3 is 29.3 Å². The summed E-state index contributed by atoms with van der Waals surface area (Å²) in [6.07, 6.45) is -3.23. The fourth-order valence-corrected chi connectivity index (χ4v) is 4.34. The second-order valence-corrected chi connectivity index (χ2v) is 9.61. The van der Waals surface area contributed by atoms with Gasteiger partial charge in [-0.3, -0.25) is 4.79 Å². The Bertz CT molecular complexity index is 1290. The van der Waals surface area contributed by atoms with E-state index in [0.29, 0.717) is 25.4 Å². The minimum atomic E-state index is -4.95. The van der Waals surface area contributed by atoms with Crippen molar-refractivity contribution in [3.05, 3.63) is 52.2 Å². The molecule has 2 N–H and O–H groups in total. The van der Waals surface area contributed by atoms with Crippen molar-refractivity contribution in [2.45, 2.75) is 43.9 Å². The Morgan fingerprint density at radius 3 is 2.44 bits per heavy atom. The monoisotopic (exact) mass is 621 g/mol. The van der Waals surface area contributed by atoms with Crippen LogP contribution in [0.25, 0.3) is 0 Å². The number of carbonyl (C=O) groups is 1. The number of hydrogen-bond acceptors (Lipinski definition) is 10. The average molecular weight is 622 g/mol. The minimum absolute atomic E-state index is 0.104. The summed E-state index contributed by atoms with van der Waals surface area (Å²) in [6.45, 7) is 1.07. The van der Waals surface area contributed by atoms with Gasteiger partial charge in [-0.05, 0) is 25.3 Å². The maximum Gasteiger partial charge on any atom is 0.423 e. The number of amides is 1. The number of nitrogens with zero attached hydrogens (tertiary/aromatic N) is 5.